The van der Waals surface area contributed by atoms with Crippen molar-refractivity contribution in [2.24, 2.45) is 0 Å². The first-order valence-corrected chi connectivity index (χ1v) is 34.7. The Morgan fingerprint density at radius 3 is 1.11 bits per heavy atom. The molecule has 0 aromatic carbocycles. The van der Waals surface area contributed by atoms with E-state index in [2.05, 4.69) is 43.5 Å². The number of unbranched alkanes of at least 4 members (excludes halogenated alkanes) is 45. The van der Waals surface area contributed by atoms with E-state index in [9.17, 15) is 40.5 Å². The third kappa shape index (κ3) is 45.0. The molecule has 1 amide bonds. The Labute approximate surface area is 493 Å². The zero-order valence-corrected chi connectivity index (χ0v) is 52.3. The molecule has 11 heteroatoms. The fraction of sp³-hybridized carbons (Fsp3) is 0.928. The maximum Gasteiger partial charge on any atom is 0.249 e. The average molecular weight is 1140 g/mol. The van der Waals surface area contributed by atoms with Gasteiger partial charge < -0.3 is 50.5 Å². The van der Waals surface area contributed by atoms with Crippen LogP contribution in [0.4, 0.5) is 0 Å². The highest BCUT2D eigenvalue weighted by Gasteiger charge is 2.44. The second-order valence-corrected chi connectivity index (χ2v) is 24.6. The summed E-state index contributed by atoms with van der Waals surface area (Å²) in [4.78, 5) is 13.2. The van der Waals surface area contributed by atoms with Crippen LogP contribution in [0.1, 0.15) is 341 Å². The van der Waals surface area contributed by atoms with Gasteiger partial charge in [0, 0.05) is 0 Å². The molecule has 0 bridgehead atoms. The standard InChI is InChI=1S/C69H133NO10/c1-3-5-7-9-11-13-15-17-19-20-21-22-23-24-25-26-27-28-29-30-31-32-33-34-35-36-37-38-39-40-41-43-45-47-49-51-53-55-57-62(73)68(78)70-60(59-79-69-67(77)66(76)65(75)63(58-71)80-69)64(74)61(72)56-54-52-50-48-46-44-42-18-16-14-12-10-8-6-4-2/h18,42,48,50,60-67,69,71-77H,3-17,19-41,43-47,49,51-59H2,1-2H3,(H,70,78)/b42-18+,50-48+. The fourth-order valence-corrected chi connectivity index (χ4v) is 11.4. The van der Waals surface area contributed by atoms with Crippen LogP contribution in [0.2, 0.25) is 0 Å². The summed E-state index contributed by atoms with van der Waals surface area (Å²) in [5.41, 5.74) is 0. The molecule has 1 aliphatic rings. The van der Waals surface area contributed by atoms with Crippen LogP contribution in [-0.2, 0) is 14.3 Å². The Hall–Kier alpha value is -1.41. The normalized spacial score (nSPS) is 19.3. The van der Waals surface area contributed by atoms with Gasteiger partial charge in [0.25, 0.3) is 0 Å². The van der Waals surface area contributed by atoms with Crippen LogP contribution >= 0.6 is 0 Å². The summed E-state index contributed by atoms with van der Waals surface area (Å²) in [6, 6.07) is -1.19. The summed E-state index contributed by atoms with van der Waals surface area (Å²) in [6.07, 6.45) is 61.5. The van der Waals surface area contributed by atoms with Gasteiger partial charge in [-0.25, -0.2) is 0 Å². The number of carbonyl (C=O) groups is 1. The minimum atomic E-state index is -1.67. The SMILES string of the molecule is CCCCCCCC/C=C/CC/C=C/CCCC(O)C(O)C(COC1OC(CO)C(O)C(O)C1O)NC(=O)C(O)CCCCCCCCCCCCCCCCCCCCCCCCCCCCCCCCCCCCCCCC. The van der Waals surface area contributed by atoms with Gasteiger partial charge in [0.15, 0.2) is 6.29 Å². The molecule has 1 saturated heterocycles. The summed E-state index contributed by atoms with van der Waals surface area (Å²) in [5.74, 6) is -0.704. The van der Waals surface area contributed by atoms with E-state index in [0.717, 1.165) is 38.5 Å². The van der Waals surface area contributed by atoms with Gasteiger partial charge in [0.2, 0.25) is 5.91 Å². The second-order valence-electron chi connectivity index (χ2n) is 24.6. The van der Waals surface area contributed by atoms with Crippen molar-refractivity contribution in [1.29, 1.82) is 0 Å². The smallest absolute Gasteiger partial charge is 0.249 e. The number of aliphatic hydroxyl groups is 7. The van der Waals surface area contributed by atoms with Gasteiger partial charge >= 0.3 is 0 Å². The van der Waals surface area contributed by atoms with Gasteiger partial charge in [0.05, 0.1) is 25.4 Å². The van der Waals surface area contributed by atoms with Crippen molar-refractivity contribution in [3.05, 3.63) is 24.3 Å². The number of nitrogens with one attached hydrogen (secondary N) is 1. The zero-order valence-electron chi connectivity index (χ0n) is 52.3. The van der Waals surface area contributed by atoms with Crippen LogP contribution in [0.25, 0.3) is 0 Å². The summed E-state index contributed by atoms with van der Waals surface area (Å²) >= 11 is 0. The molecule has 1 heterocycles. The molecule has 0 aromatic heterocycles. The highest BCUT2D eigenvalue weighted by molar-refractivity contribution is 5.80. The Morgan fingerprint density at radius 2 is 0.750 bits per heavy atom. The molecule has 474 valence electrons. The predicted molar refractivity (Wildman–Crippen MR) is 335 cm³/mol. The minimum Gasteiger partial charge on any atom is -0.394 e. The minimum absolute atomic E-state index is 0.248. The first-order chi connectivity index (χ1) is 39.2. The van der Waals surface area contributed by atoms with Gasteiger partial charge in [-0.1, -0.05) is 314 Å². The lowest BCUT2D eigenvalue weighted by Crippen LogP contribution is -2.60. The van der Waals surface area contributed by atoms with Crippen molar-refractivity contribution < 1.29 is 50.0 Å². The summed E-state index contributed by atoms with van der Waals surface area (Å²) in [5, 5.41) is 76.2. The molecule has 0 aromatic rings. The first kappa shape index (κ1) is 76.6. The summed E-state index contributed by atoms with van der Waals surface area (Å²) < 4.78 is 11.1. The molecule has 0 spiro atoms. The van der Waals surface area contributed by atoms with Gasteiger partial charge in [-0.05, 0) is 51.4 Å². The maximum absolute atomic E-state index is 13.2. The molecule has 0 saturated carbocycles. The molecule has 0 radical (unpaired) electrons. The summed E-state index contributed by atoms with van der Waals surface area (Å²) in [6.45, 7) is 3.46. The Morgan fingerprint density at radius 1 is 0.425 bits per heavy atom. The molecule has 9 atom stereocenters. The van der Waals surface area contributed by atoms with E-state index in [-0.39, 0.29) is 12.8 Å². The molecule has 9 unspecified atom stereocenters. The molecule has 1 aliphatic heterocycles. The molecular formula is C69H133NO10. The van der Waals surface area contributed by atoms with Crippen molar-refractivity contribution in [2.75, 3.05) is 13.2 Å². The third-order valence-corrected chi connectivity index (χ3v) is 17.0. The number of allylic oxidation sites excluding steroid dienone is 4. The average Bonchev–Trinajstić information content (AvgIpc) is 3.48. The number of carbonyl (C=O) groups excluding carboxylic acids is 1. The Balaban J connectivity index is 2.10. The van der Waals surface area contributed by atoms with Crippen molar-refractivity contribution in [2.45, 2.75) is 396 Å². The lowest BCUT2D eigenvalue weighted by Gasteiger charge is -2.40. The number of hydrogen-bond acceptors (Lipinski definition) is 10. The predicted octanol–water partition coefficient (Wildman–Crippen LogP) is 16.4. The van der Waals surface area contributed by atoms with Crippen molar-refractivity contribution in [1.82, 2.24) is 5.32 Å². The number of ether oxygens (including phenoxy) is 2. The van der Waals surface area contributed by atoms with Crippen LogP contribution in [-0.4, -0.2) is 110 Å². The van der Waals surface area contributed by atoms with E-state index < -0.39 is 74.2 Å². The van der Waals surface area contributed by atoms with Crippen molar-refractivity contribution in [3.8, 4) is 0 Å². The van der Waals surface area contributed by atoms with Gasteiger partial charge in [-0.2, -0.15) is 0 Å². The van der Waals surface area contributed by atoms with Crippen molar-refractivity contribution in [3.63, 3.8) is 0 Å². The molecule has 8 N–H and O–H groups in total. The number of hydrogen-bond donors (Lipinski definition) is 8. The van der Waals surface area contributed by atoms with E-state index in [4.69, 9.17) is 9.47 Å². The van der Waals surface area contributed by atoms with Crippen LogP contribution in [0.5, 0.6) is 0 Å². The van der Waals surface area contributed by atoms with E-state index in [1.807, 2.05) is 0 Å². The summed E-state index contributed by atoms with van der Waals surface area (Å²) in [7, 11) is 0. The highest BCUT2D eigenvalue weighted by atomic mass is 16.7. The molecular weight excluding hydrogens is 1000 g/mol. The van der Waals surface area contributed by atoms with Gasteiger partial charge in [-0.15, -0.1) is 0 Å². The number of rotatable bonds is 61. The molecule has 11 nitrogen and oxygen atoms in total. The first-order valence-electron chi connectivity index (χ1n) is 34.7. The lowest BCUT2D eigenvalue weighted by atomic mass is 9.98. The molecule has 1 fully saturated rings. The van der Waals surface area contributed by atoms with Crippen LogP contribution < -0.4 is 5.32 Å². The van der Waals surface area contributed by atoms with Crippen LogP contribution in [0.15, 0.2) is 24.3 Å². The number of amides is 1. The lowest BCUT2D eigenvalue weighted by molar-refractivity contribution is -0.303. The van der Waals surface area contributed by atoms with E-state index in [1.54, 1.807) is 0 Å². The van der Waals surface area contributed by atoms with E-state index in [1.165, 1.54) is 257 Å². The van der Waals surface area contributed by atoms with Gasteiger partial charge in [0.1, 0.15) is 36.6 Å². The molecule has 0 aliphatic carbocycles. The van der Waals surface area contributed by atoms with E-state index >= 15 is 0 Å². The van der Waals surface area contributed by atoms with Gasteiger partial charge in [-0.3, -0.25) is 4.79 Å². The van der Waals surface area contributed by atoms with Crippen LogP contribution in [0.3, 0.4) is 0 Å². The fourth-order valence-electron chi connectivity index (χ4n) is 11.4. The second kappa shape index (κ2) is 58.0. The molecule has 80 heavy (non-hydrogen) atoms. The Bertz CT molecular complexity index is 1350. The topological polar surface area (TPSA) is 189 Å². The van der Waals surface area contributed by atoms with Crippen LogP contribution in [0, 0.1) is 0 Å². The molecule has 1 rings (SSSR count). The van der Waals surface area contributed by atoms with E-state index in [0.29, 0.717) is 19.3 Å². The monoisotopic (exact) mass is 1140 g/mol. The number of aliphatic hydroxyl groups excluding tert-OH is 7. The largest absolute Gasteiger partial charge is 0.394 e. The third-order valence-electron chi connectivity index (χ3n) is 17.0. The van der Waals surface area contributed by atoms with Crippen molar-refractivity contribution >= 4 is 5.91 Å². The Kier molecular flexibility index (Phi) is 55.5. The zero-order chi connectivity index (χ0) is 58.2. The maximum atomic E-state index is 13.2. The quantitative estimate of drug-likeness (QED) is 0.0215. The highest BCUT2D eigenvalue weighted by Crippen LogP contribution is 2.24.